The first kappa shape index (κ1) is 13.4. The molecule has 1 fully saturated rings. The Kier molecular flexibility index (Phi) is 6.32. The standard InChI is InChI=1S/C10H20N2O4/c11-10(14)7-16-12-5-8(13)6-15-9-3-1-2-4-9/h8-9,12-13H,1-7H2,(H2,11,14). The Morgan fingerprint density at radius 2 is 2.19 bits per heavy atom. The van der Waals surface area contributed by atoms with Gasteiger partial charge in [-0.25, -0.2) is 0 Å². The van der Waals surface area contributed by atoms with Gasteiger partial charge in [-0.15, -0.1) is 0 Å². The number of hydrogen-bond acceptors (Lipinski definition) is 5. The number of amides is 1. The summed E-state index contributed by atoms with van der Waals surface area (Å²) < 4.78 is 5.51. The zero-order valence-electron chi connectivity index (χ0n) is 9.35. The van der Waals surface area contributed by atoms with E-state index in [0.29, 0.717) is 6.10 Å². The van der Waals surface area contributed by atoms with Crippen LogP contribution in [0.15, 0.2) is 0 Å². The lowest BCUT2D eigenvalue weighted by molar-refractivity contribution is -0.126. The molecule has 94 valence electrons. The maximum Gasteiger partial charge on any atom is 0.245 e. The van der Waals surface area contributed by atoms with Crippen LogP contribution in [0.2, 0.25) is 0 Å². The second-order valence-electron chi connectivity index (χ2n) is 4.00. The van der Waals surface area contributed by atoms with Crippen molar-refractivity contribution in [3.05, 3.63) is 0 Å². The molecule has 1 aliphatic rings. The van der Waals surface area contributed by atoms with Gasteiger partial charge in [-0.05, 0) is 12.8 Å². The average molecular weight is 232 g/mol. The van der Waals surface area contributed by atoms with Crippen molar-refractivity contribution in [2.45, 2.75) is 37.9 Å². The predicted octanol–water partition coefficient (Wildman–Crippen LogP) is -0.687. The molecule has 0 radical (unpaired) electrons. The van der Waals surface area contributed by atoms with Crippen LogP contribution >= 0.6 is 0 Å². The van der Waals surface area contributed by atoms with Crippen LogP contribution in [0.3, 0.4) is 0 Å². The molecule has 0 aromatic heterocycles. The molecule has 1 saturated carbocycles. The number of ether oxygens (including phenoxy) is 1. The van der Waals surface area contributed by atoms with Crippen LogP contribution in [-0.2, 0) is 14.4 Å². The van der Waals surface area contributed by atoms with Gasteiger partial charge < -0.3 is 15.6 Å². The summed E-state index contributed by atoms with van der Waals surface area (Å²) in [5.74, 6) is -0.552. The number of aliphatic hydroxyl groups excluding tert-OH is 1. The van der Waals surface area contributed by atoms with E-state index in [9.17, 15) is 9.90 Å². The number of primary amides is 1. The van der Waals surface area contributed by atoms with Gasteiger partial charge in [0.25, 0.3) is 0 Å². The van der Waals surface area contributed by atoms with Crippen molar-refractivity contribution in [2.24, 2.45) is 5.73 Å². The van der Waals surface area contributed by atoms with Gasteiger partial charge >= 0.3 is 0 Å². The fourth-order valence-electron chi connectivity index (χ4n) is 1.64. The van der Waals surface area contributed by atoms with Crippen LogP contribution in [0.25, 0.3) is 0 Å². The van der Waals surface area contributed by atoms with Crippen LogP contribution in [0, 0.1) is 0 Å². The molecule has 0 heterocycles. The largest absolute Gasteiger partial charge is 0.389 e. The first-order valence-electron chi connectivity index (χ1n) is 5.61. The summed E-state index contributed by atoms with van der Waals surface area (Å²) in [5.41, 5.74) is 7.32. The molecule has 1 atom stereocenters. The van der Waals surface area contributed by atoms with E-state index < -0.39 is 12.0 Å². The number of rotatable bonds is 8. The highest BCUT2D eigenvalue weighted by atomic mass is 16.6. The normalized spacial score (nSPS) is 18.8. The Labute approximate surface area is 95.0 Å². The number of hydrogen-bond donors (Lipinski definition) is 3. The number of carbonyl (C=O) groups excluding carboxylic acids is 1. The van der Waals surface area contributed by atoms with Crippen molar-refractivity contribution in [3.8, 4) is 0 Å². The molecule has 0 saturated heterocycles. The van der Waals surface area contributed by atoms with E-state index in [2.05, 4.69) is 5.48 Å². The summed E-state index contributed by atoms with van der Waals surface area (Å²) in [4.78, 5) is 15.0. The topological polar surface area (TPSA) is 93.8 Å². The molecule has 0 aromatic rings. The van der Waals surface area contributed by atoms with Crippen LogP contribution in [-0.4, -0.2) is 43.0 Å². The van der Waals surface area contributed by atoms with Gasteiger partial charge in [0, 0.05) is 6.54 Å². The number of nitrogens with one attached hydrogen (secondary N) is 1. The molecule has 6 heteroatoms. The number of hydroxylamine groups is 1. The van der Waals surface area contributed by atoms with Gasteiger partial charge in [-0.2, -0.15) is 5.48 Å². The molecular weight excluding hydrogens is 212 g/mol. The summed E-state index contributed by atoms with van der Waals surface area (Å²) in [6.07, 6.45) is 4.24. The molecule has 0 aromatic carbocycles. The lowest BCUT2D eigenvalue weighted by Gasteiger charge is -2.15. The molecule has 1 aliphatic carbocycles. The molecular formula is C10H20N2O4. The predicted molar refractivity (Wildman–Crippen MR) is 57.4 cm³/mol. The molecule has 0 spiro atoms. The summed E-state index contributed by atoms with van der Waals surface area (Å²) in [5, 5.41) is 9.49. The van der Waals surface area contributed by atoms with Crippen molar-refractivity contribution in [3.63, 3.8) is 0 Å². The molecule has 1 unspecified atom stereocenters. The SMILES string of the molecule is NC(=O)CONCC(O)COC1CCCC1. The van der Waals surface area contributed by atoms with E-state index in [0.717, 1.165) is 12.8 Å². The van der Waals surface area contributed by atoms with Crippen molar-refractivity contribution < 1.29 is 19.5 Å². The first-order chi connectivity index (χ1) is 7.68. The Balaban J connectivity index is 1.93. The van der Waals surface area contributed by atoms with E-state index in [1.807, 2.05) is 0 Å². The number of nitrogens with two attached hydrogens (primary N) is 1. The van der Waals surface area contributed by atoms with Gasteiger partial charge in [0.2, 0.25) is 5.91 Å². The summed E-state index contributed by atoms with van der Waals surface area (Å²) in [6, 6.07) is 0. The van der Waals surface area contributed by atoms with Crippen molar-refractivity contribution in [1.29, 1.82) is 0 Å². The third-order valence-electron chi connectivity index (χ3n) is 2.46. The fourth-order valence-corrected chi connectivity index (χ4v) is 1.64. The van der Waals surface area contributed by atoms with Crippen LogP contribution in [0.5, 0.6) is 0 Å². The van der Waals surface area contributed by atoms with E-state index in [4.69, 9.17) is 15.3 Å². The maximum atomic E-state index is 10.3. The zero-order valence-corrected chi connectivity index (χ0v) is 9.35. The monoisotopic (exact) mass is 232 g/mol. The molecule has 4 N–H and O–H groups in total. The van der Waals surface area contributed by atoms with Crippen molar-refractivity contribution >= 4 is 5.91 Å². The smallest absolute Gasteiger partial charge is 0.245 e. The van der Waals surface area contributed by atoms with E-state index in [-0.39, 0.29) is 19.8 Å². The third kappa shape index (κ3) is 6.02. The minimum Gasteiger partial charge on any atom is -0.389 e. The Hall–Kier alpha value is -0.690. The van der Waals surface area contributed by atoms with Crippen LogP contribution < -0.4 is 11.2 Å². The second kappa shape index (κ2) is 7.56. The molecule has 6 nitrogen and oxygen atoms in total. The van der Waals surface area contributed by atoms with Crippen molar-refractivity contribution in [1.82, 2.24) is 5.48 Å². The quantitative estimate of drug-likeness (QED) is 0.380. The van der Waals surface area contributed by atoms with Crippen molar-refractivity contribution in [2.75, 3.05) is 19.8 Å². The second-order valence-corrected chi connectivity index (χ2v) is 4.00. The molecule has 0 aliphatic heterocycles. The highest BCUT2D eigenvalue weighted by Gasteiger charge is 2.16. The lowest BCUT2D eigenvalue weighted by atomic mass is 10.3. The summed E-state index contributed by atoms with van der Waals surface area (Å²) in [7, 11) is 0. The number of carbonyl (C=O) groups is 1. The van der Waals surface area contributed by atoms with E-state index >= 15 is 0 Å². The van der Waals surface area contributed by atoms with Gasteiger partial charge in [-0.3, -0.25) is 9.63 Å². The van der Waals surface area contributed by atoms with Gasteiger partial charge in [0.1, 0.15) is 6.61 Å². The Bertz CT molecular complexity index is 207. The first-order valence-corrected chi connectivity index (χ1v) is 5.61. The van der Waals surface area contributed by atoms with Crippen LogP contribution in [0.1, 0.15) is 25.7 Å². The minimum atomic E-state index is -0.631. The lowest BCUT2D eigenvalue weighted by Crippen LogP contribution is -2.33. The average Bonchev–Trinajstić information content (AvgIpc) is 2.74. The molecule has 16 heavy (non-hydrogen) atoms. The fraction of sp³-hybridized carbons (Fsp3) is 0.900. The Morgan fingerprint density at radius 1 is 1.50 bits per heavy atom. The maximum absolute atomic E-state index is 10.3. The van der Waals surface area contributed by atoms with Gasteiger partial charge in [-0.1, -0.05) is 12.8 Å². The highest BCUT2D eigenvalue weighted by Crippen LogP contribution is 2.20. The third-order valence-corrected chi connectivity index (χ3v) is 2.46. The summed E-state index contributed by atoms with van der Waals surface area (Å²) >= 11 is 0. The molecule has 1 amide bonds. The number of aliphatic hydroxyl groups is 1. The highest BCUT2D eigenvalue weighted by molar-refractivity contribution is 5.74. The summed E-state index contributed by atoms with van der Waals surface area (Å²) in [6.45, 7) is 0.313. The van der Waals surface area contributed by atoms with Gasteiger partial charge in [0.15, 0.2) is 0 Å². The molecule has 0 bridgehead atoms. The zero-order chi connectivity index (χ0) is 11.8. The molecule has 1 rings (SSSR count). The van der Waals surface area contributed by atoms with Crippen LogP contribution in [0.4, 0.5) is 0 Å². The van der Waals surface area contributed by atoms with E-state index in [1.54, 1.807) is 0 Å². The van der Waals surface area contributed by atoms with E-state index in [1.165, 1.54) is 12.8 Å². The van der Waals surface area contributed by atoms with Gasteiger partial charge in [0.05, 0.1) is 18.8 Å². The minimum absolute atomic E-state index is 0.198. The Morgan fingerprint density at radius 3 is 2.81 bits per heavy atom.